The zero-order chi connectivity index (χ0) is 25.0. The Hall–Kier alpha value is -2.91. The van der Waals surface area contributed by atoms with Gasteiger partial charge in [-0.1, -0.05) is 19.1 Å². The van der Waals surface area contributed by atoms with Gasteiger partial charge < -0.3 is 14.5 Å². The Kier molecular flexibility index (Phi) is 7.76. The molecule has 2 aromatic carbocycles. The molecule has 9 heteroatoms. The van der Waals surface area contributed by atoms with Crippen molar-refractivity contribution in [1.82, 2.24) is 9.62 Å². The molecular weight excluding hydrogens is 466 g/mol. The number of likely N-dealkylation sites (tertiary alicyclic amines) is 1. The number of benzene rings is 2. The molecule has 2 aliphatic heterocycles. The van der Waals surface area contributed by atoms with Crippen molar-refractivity contribution in [3.05, 3.63) is 53.6 Å². The fourth-order valence-electron chi connectivity index (χ4n) is 4.61. The fraction of sp³-hybridized carbons (Fsp3) is 0.462. The van der Waals surface area contributed by atoms with E-state index in [4.69, 9.17) is 4.74 Å². The van der Waals surface area contributed by atoms with Crippen LogP contribution in [-0.2, 0) is 32.6 Å². The highest BCUT2D eigenvalue weighted by molar-refractivity contribution is 7.89. The van der Waals surface area contributed by atoms with E-state index >= 15 is 0 Å². The third-order valence-corrected chi connectivity index (χ3v) is 8.25. The number of carbonyl (C=O) groups excluding carboxylic acids is 2. The molecule has 0 saturated carbocycles. The molecule has 2 aromatic rings. The highest BCUT2D eigenvalue weighted by atomic mass is 32.2. The van der Waals surface area contributed by atoms with Gasteiger partial charge in [0, 0.05) is 44.7 Å². The van der Waals surface area contributed by atoms with Gasteiger partial charge >= 0.3 is 0 Å². The number of amides is 2. The van der Waals surface area contributed by atoms with E-state index in [2.05, 4.69) is 11.6 Å². The second kappa shape index (κ2) is 10.8. The van der Waals surface area contributed by atoms with Gasteiger partial charge in [-0.15, -0.1) is 0 Å². The molecule has 1 saturated heterocycles. The van der Waals surface area contributed by atoms with Crippen molar-refractivity contribution in [2.24, 2.45) is 5.92 Å². The Morgan fingerprint density at radius 2 is 1.77 bits per heavy atom. The molecule has 2 amide bonds. The van der Waals surface area contributed by atoms with Crippen LogP contribution in [0.4, 0.5) is 5.69 Å². The minimum Gasteiger partial charge on any atom is -0.497 e. The molecule has 0 radical (unpaired) electrons. The summed E-state index contributed by atoms with van der Waals surface area (Å²) in [5.41, 5.74) is 2.33. The molecule has 2 aliphatic rings. The SMILES string of the molecule is COc1cccc(CNS(=O)(=O)c2ccc3c(c2)CCN3C(=O)CCC(=O)N2CCC(C)CC2)c1. The monoisotopic (exact) mass is 499 g/mol. The average molecular weight is 500 g/mol. The number of hydrogen-bond acceptors (Lipinski definition) is 5. The average Bonchev–Trinajstić information content (AvgIpc) is 3.30. The first kappa shape index (κ1) is 25.2. The van der Waals surface area contributed by atoms with Gasteiger partial charge in [0.15, 0.2) is 0 Å². The van der Waals surface area contributed by atoms with Crippen LogP contribution in [0.3, 0.4) is 0 Å². The number of carbonyl (C=O) groups is 2. The maximum atomic E-state index is 12.9. The molecule has 188 valence electrons. The lowest BCUT2D eigenvalue weighted by molar-refractivity contribution is -0.134. The predicted octanol–water partition coefficient (Wildman–Crippen LogP) is 3.10. The number of ether oxygens (including phenoxy) is 1. The van der Waals surface area contributed by atoms with E-state index in [0.717, 1.165) is 42.7 Å². The summed E-state index contributed by atoms with van der Waals surface area (Å²) in [5, 5.41) is 0. The van der Waals surface area contributed by atoms with E-state index < -0.39 is 10.0 Å². The molecule has 8 nitrogen and oxygen atoms in total. The summed E-state index contributed by atoms with van der Waals surface area (Å²) in [5.74, 6) is 1.24. The number of anilines is 1. The zero-order valence-electron chi connectivity index (χ0n) is 20.3. The van der Waals surface area contributed by atoms with E-state index in [1.807, 2.05) is 17.0 Å². The van der Waals surface area contributed by atoms with Crippen molar-refractivity contribution in [1.29, 1.82) is 0 Å². The lowest BCUT2D eigenvalue weighted by Crippen LogP contribution is -2.38. The zero-order valence-corrected chi connectivity index (χ0v) is 21.1. The topological polar surface area (TPSA) is 96.0 Å². The second-order valence-corrected chi connectivity index (χ2v) is 11.1. The van der Waals surface area contributed by atoms with Crippen LogP contribution in [0.2, 0.25) is 0 Å². The van der Waals surface area contributed by atoms with Crippen LogP contribution in [-0.4, -0.2) is 51.9 Å². The van der Waals surface area contributed by atoms with Crippen LogP contribution in [0.25, 0.3) is 0 Å². The summed E-state index contributed by atoms with van der Waals surface area (Å²) in [6, 6.07) is 12.1. The van der Waals surface area contributed by atoms with Gasteiger partial charge in [-0.05, 0) is 66.6 Å². The number of nitrogens with one attached hydrogen (secondary N) is 1. The van der Waals surface area contributed by atoms with Gasteiger partial charge in [0.2, 0.25) is 21.8 Å². The van der Waals surface area contributed by atoms with E-state index in [0.29, 0.717) is 24.6 Å². The number of piperidine rings is 1. The van der Waals surface area contributed by atoms with Crippen LogP contribution in [0.15, 0.2) is 47.4 Å². The van der Waals surface area contributed by atoms with Gasteiger partial charge in [0.05, 0.1) is 12.0 Å². The number of methoxy groups -OCH3 is 1. The molecule has 4 rings (SSSR count). The predicted molar refractivity (Wildman–Crippen MR) is 134 cm³/mol. The number of fused-ring (bicyclic) bond motifs is 1. The second-order valence-electron chi connectivity index (χ2n) is 9.33. The third kappa shape index (κ3) is 6.02. The molecule has 0 aliphatic carbocycles. The molecule has 0 aromatic heterocycles. The van der Waals surface area contributed by atoms with Crippen molar-refractivity contribution in [3.8, 4) is 5.75 Å². The van der Waals surface area contributed by atoms with Crippen LogP contribution >= 0.6 is 0 Å². The summed E-state index contributed by atoms with van der Waals surface area (Å²) in [6.07, 6.45) is 2.97. The molecule has 1 N–H and O–H groups in total. The Morgan fingerprint density at radius 3 is 2.51 bits per heavy atom. The van der Waals surface area contributed by atoms with E-state index in [9.17, 15) is 18.0 Å². The largest absolute Gasteiger partial charge is 0.497 e. The Balaban J connectivity index is 1.35. The molecule has 0 atom stereocenters. The summed E-state index contributed by atoms with van der Waals surface area (Å²) in [7, 11) is -2.16. The van der Waals surface area contributed by atoms with Gasteiger partial charge in [-0.3, -0.25) is 9.59 Å². The number of sulfonamides is 1. The molecule has 1 fully saturated rings. The molecular formula is C26H33N3O5S. The Labute approximate surface area is 207 Å². The molecule has 2 heterocycles. The molecule has 35 heavy (non-hydrogen) atoms. The van der Waals surface area contributed by atoms with E-state index in [-0.39, 0.29) is 36.1 Å². The molecule has 0 spiro atoms. The standard InChI is InChI=1S/C26H33N3O5S/c1-19-10-13-28(14-11-19)25(30)8-9-26(31)29-15-12-21-17-23(6-7-24(21)29)35(32,33)27-18-20-4-3-5-22(16-20)34-2/h3-7,16-17,19,27H,8-15,18H2,1-2H3. The van der Waals surface area contributed by atoms with Crippen LogP contribution in [0.5, 0.6) is 5.75 Å². The molecule has 0 unspecified atom stereocenters. The normalized spacial score (nSPS) is 16.3. The minimum atomic E-state index is -3.72. The van der Waals surface area contributed by atoms with Gasteiger partial charge in [-0.2, -0.15) is 0 Å². The van der Waals surface area contributed by atoms with Crippen LogP contribution in [0, 0.1) is 5.92 Å². The molecule has 0 bridgehead atoms. The Bertz CT molecular complexity index is 1190. The summed E-state index contributed by atoms with van der Waals surface area (Å²) in [6.45, 7) is 4.37. The van der Waals surface area contributed by atoms with Crippen molar-refractivity contribution in [2.75, 3.05) is 31.6 Å². The quantitative estimate of drug-likeness (QED) is 0.602. The van der Waals surface area contributed by atoms with Gasteiger partial charge in [-0.25, -0.2) is 13.1 Å². The van der Waals surface area contributed by atoms with Crippen LogP contribution in [0.1, 0.15) is 43.7 Å². The van der Waals surface area contributed by atoms with Crippen molar-refractivity contribution < 1.29 is 22.7 Å². The maximum absolute atomic E-state index is 12.9. The van der Waals surface area contributed by atoms with Gasteiger partial charge in [0.25, 0.3) is 0 Å². The summed E-state index contributed by atoms with van der Waals surface area (Å²) < 4.78 is 33.5. The number of nitrogens with zero attached hydrogens (tertiary/aromatic N) is 2. The highest BCUT2D eigenvalue weighted by Gasteiger charge is 2.28. The van der Waals surface area contributed by atoms with Crippen molar-refractivity contribution >= 4 is 27.5 Å². The lowest BCUT2D eigenvalue weighted by atomic mass is 9.99. The fourth-order valence-corrected chi connectivity index (χ4v) is 5.68. The lowest BCUT2D eigenvalue weighted by Gasteiger charge is -2.30. The van der Waals surface area contributed by atoms with Crippen molar-refractivity contribution in [2.45, 2.75) is 50.5 Å². The minimum absolute atomic E-state index is 0.0354. The summed E-state index contributed by atoms with van der Waals surface area (Å²) in [4.78, 5) is 29.1. The summed E-state index contributed by atoms with van der Waals surface area (Å²) >= 11 is 0. The Morgan fingerprint density at radius 1 is 1.03 bits per heavy atom. The van der Waals surface area contributed by atoms with Crippen molar-refractivity contribution in [3.63, 3.8) is 0 Å². The smallest absolute Gasteiger partial charge is 0.240 e. The third-order valence-electron chi connectivity index (χ3n) is 6.85. The van der Waals surface area contributed by atoms with E-state index in [1.165, 1.54) is 6.07 Å². The maximum Gasteiger partial charge on any atom is 0.240 e. The first-order valence-electron chi connectivity index (χ1n) is 12.1. The van der Waals surface area contributed by atoms with Crippen LogP contribution < -0.4 is 14.4 Å². The number of rotatable bonds is 8. The van der Waals surface area contributed by atoms with Gasteiger partial charge in [0.1, 0.15) is 5.75 Å². The first-order chi connectivity index (χ1) is 16.8. The first-order valence-corrected chi connectivity index (χ1v) is 13.6. The van der Waals surface area contributed by atoms with E-state index in [1.54, 1.807) is 36.3 Å². The number of hydrogen-bond donors (Lipinski definition) is 1. The highest BCUT2D eigenvalue weighted by Crippen LogP contribution is 2.31.